The minimum Gasteiger partial charge on any atom is -0.383 e. The zero-order chi connectivity index (χ0) is 13.4. The lowest BCUT2D eigenvalue weighted by atomic mass is 10.3. The number of halogens is 1. The van der Waals surface area contributed by atoms with E-state index in [4.69, 9.17) is 4.74 Å². The minimum absolute atomic E-state index is 0.371. The first-order chi connectivity index (χ1) is 8.66. The summed E-state index contributed by atoms with van der Waals surface area (Å²) in [6, 6.07) is 0.371. The van der Waals surface area contributed by atoms with Crippen LogP contribution < -0.4 is 5.32 Å². The van der Waals surface area contributed by atoms with Gasteiger partial charge in [0.25, 0.3) is 0 Å². The fourth-order valence-electron chi connectivity index (χ4n) is 1.60. The van der Waals surface area contributed by atoms with Crippen molar-refractivity contribution in [3.8, 4) is 0 Å². The topological polar surface area (TPSA) is 39.1 Å². The second-order valence-corrected chi connectivity index (χ2v) is 5.20. The van der Waals surface area contributed by atoms with Gasteiger partial charge >= 0.3 is 0 Å². The lowest BCUT2D eigenvalue weighted by molar-refractivity contribution is 0.199. The summed E-state index contributed by atoms with van der Waals surface area (Å²) in [6.07, 6.45) is 7.13. The third-order valence-electron chi connectivity index (χ3n) is 2.52. The van der Waals surface area contributed by atoms with Crippen molar-refractivity contribution in [3.05, 3.63) is 22.4 Å². The molecule has 102 valence electrons. The number of aromatic nitrogens is 2. The summed E-state index contributed by atoms with van der Waals surface area (Å²) < 4.78 is 8.02. The average molecular weight is 316 g/mol. The van der Waals surface area contributed by atoms with Crippen LogP contribution in [0.5, 0.6) is 0 Å². The third-order valence-corrected chi connectivity index (χ3v) is 3.13. The molecule has 4 nitrogen and oxygen atoms in total. The SMILES string of the molecule is COCCNCC/C=C/c1c(Br)cnn1C(C)C. The molecule has 0 spiro atoms. The highest BCUT2D eigenvalue weighted by Gasteiger charge is 2.07. The van der Waals surface area contributed by atoms with Gasteiger partial charge in [-0.05, 0) is 48.8 Å². The Morgan fingerprint density at radius 3 is 2.94 bits per heavy atom. The van der Waals surface area contributed by atoms with Gasteiger partial charge in [0.2, 0.25) is 0 Å². The molecule has 0 saturated heterocycles. The predicted octanol–water partition coefficient (Wildman–Crippen LogP) is 2.87. The van der Waals surface area contributed by atoms with E-state index < -0.39 is 0 Å². The van der Waals surface area contributed by atoms with Gasteiger partial charge in [-0.25, -0.2) is 0 Å². The van der Waals surface area contributed by atoms with Crippen LogP contribution in [0.2, 0.25) is 0 Å². The molecule has 0 radical (unpaired) electrons. The maximum atomic E-state index is 4.97. The molecule has 1 aromatic rings. The smallest absolute Gasteiger partial charge is 0.0752 e. The van der Waals surface area contributed by atoms with Crippen LogP contribution in [0.1, 0.15) is 32.0 Å². The van der Waals surface area contributed by atoms with Crippen LogP contribution >= 0.6 is 15.9 Å². The number of hydrogen-bond acceptors (Lipinski definition) is 3. The molecule has 0 fully saturated rings. The second kappa shape index (κ2) is 8.45. The Hall–Kier alpha value is -0.650. The average Bonchev–Trinajstić information content (AvgIpc) is 2.70. The summed E-state index contributed by atoms with van der Waals surface area (Å²) in [4.78, 5) is 0. The van der Waals surface area contributed by atoms with Crippen molar-refractivity contribution >= 4 is 22.0 Å². The first-order valence-corrected chi connectivity index (χ1v) is 7.05. The zero-order valence-electron chi connectivity index (χ0n) is 11.3. The number of nitrogens with one attached hydrogen (secondary N) is 1. The van der Waals surface area contributed by atoms with Crippen molar-refractivity contribution < 1.29 is 4.74 Å². The van der Waals surface area contributed by atoms with Crippen molar-refractivity contribution in [1.82, 2.24) is 15.1 Å². The van der Waals surface area contributed by atoms with Crippen LogP contribution in [0.3, 0.4) is 0 Å². The summed E-state index contributed by atoms with van der Waals surface area (Å²) in [5.74, 6) is 0. The molecule has 0 saturated carbocycles. The molecule has 1 heterocycles. The zero-order valence-corrected chi connectivity index (χ0v) is 12.9. The van der Waals surface area contributed by atoms with Crippen LogP contribution in [0.25, 0.3) is 6.08 Å². The molecular weight excluding hydrogens is 294 g/mol. The van der Waals surface area contributed by atoms with Gasteiger partial charge in [0, 0.05) is 19.7 Å². The molecule has 0 aliphatic rings. The summed E-state index contributed by atoms with van der Waals surface area (Å²) in [5.41, 5.74) is 1.13. The molecule has 0 bridgehead atoms. The molecule has 1 aromatic heterocycles. The van der Waals surface area contributed by atoms with Crippen molar-refractivity contribution in [2.45, 2.75) is 26.3 Å². The molecule has 0 aliphatic heterocycles. The second-order valence-electron chi connectivity index (χ2n) is 4.35. The maximum absolute atomic E-state index is 4.97. The Balaban J connectivity index is 2.39. The van der Waals surface area contributed by atoms with Gasteiger partial charge in [-0.3, -0.25) is 4.68 Å². The molecule has 1 rings (SSSR count). The molecule has 0 unspecified atom stereocenters. The predicted molar refractivity (Wildman–Crippen MR) is 78.7 cm³/mol. The number of methoxy groups -OCH3 is 1. The van der Waals surface area contributed by atoms with Gasteiger partial charge in [0.15, 0.2) is 0 Å². The summed E-state index contributed by atoms with van der Waals surface area (Å²) in [7, 11) is 1.71. The molecule has 0 atom stereocenters. The van der Waals surface area contributed by atoms with Gasteiger partial charge < -0.3 is 10.1 Å². The molecule has 0 amide bonds. The summed E-state index contributed by atoms with van der Waals surface area (Å²) >= 11 is 3.52. The largest absolute Gasteiger partial charge is 0.383 e. The summed E-state index contributed by atoms with van der Waals surface area (Å²) in [6.45, 7) is 6.88. The highest BCUT2D eigenvalue weighted by atomic mass is 79.9. The van der Waals surface area contributed by atoms with Gasteiger partial charge in [-0.15, -0.1) is 0 Å². The molecule has 5 heteroatoms. The Morgan fingerprint density at radius 1 is 1.50 bits per heavy atom. The van der Waals surface area contributed by atoms with Crippen molar-refractivity contribution in [2.75, 3.05) is 26.8 Å². The van der Waals surface area contributed by atoms with Gasteiger partial charge in [0.1, 0.15) is 0 Å². The molecule has 0 aliphatic carbocycles. The monoisotopic (exact) mass is 315 g/mol. The summed E-state index contributed by atoms with van der Waals surface area (Å²) in [5, 5.41) is 7.65. The Labute approximate surface area is 118 Å². The Morgan fingerprint density at radius 2 is 2.28 bits per heavy atom. The lowest BCUT2D eigenvalue weighted by Crippen LogP contribution is -2.19. The molecule has 18 heavy (non-hydrogen) atoms. The van der Waals surface area contributed by atoms with E-state index in [-0.39, 0.29) is 0 Å². The van der Waals surface area contributed by atoms with E-state index in [2.05, 4.69) is 52.3 Å². The van der Waals surface area contributed by atoms with Crippen LogP contribution in [-0.2, 0) is 4.74 Å². The normalized spacial score (nSPS) is 11.8. The first-order valence-electron chi connectivity index (χ1n) is 6.26. The van der Waals surface area contributed by atoms with Crippen molar-refractivity contribution in [2.24, 2.45) is 0 Å². The van der Waals surface area contributed by atoms with E-state index in [9.17, 15) is 0 Å². The number of nitrogens with zero attached hydrogens (tertiary/aromatic N) is 2. The van der Waals surface area contributed by atoms with E-state index in [1.54, 1.807) is 7.11 Å². The van der Waals surface area contributed by atoms with Crippen molar-refractivity contribution in [3.63, 3.8) is 0 Å². The minimum atomic E-state index is 0.371. The van der Waals surface area contributed by atoms with Crippen molar-refractivity contribution in [1.29, 1.82) is 0 Å². The third kappa shape index (κ3) is 4.92. The Kier molecular flexibility index (Phi) is 7.23. The highest BCUT2D eigenvalue weighted by Crippen LogP contribution is 2.20. The van der Waals surface area contributed by atoms with E-state index in [0.717, 1.165) is 36.3 Å². The van der Waals surface area contributed by atoms with Crippen LogP contribution in [0.15, 0.2) is 16.7 Å². The van der Waals surface area contributed by atoms with Gasteiger partial charge in [-0.1, -0.05) is 6.08 Å². The quantitative estimate of drug-likeness (QED) is 0.750. The van der Waals surface area contributed by atoms with E-state index in [1.807, 2.05) is 10.9 Å². The fraction of sp³-hybridized carbons (Fsp3) is 0.615. The maximum Gasteiger partial charge on any atom is 0.0752 e. The number of hydrogen-bond donors (Lipinski definition) is 1. The van der Waals surface area contributed by atoms with E-state index in [1.165, 1.54) is 0 Å². The van der Waals surface area contributed by atoms with E-state index in [0.29, 0.717) is 6.04 Å². The molecule has 1 N–H and O–H groups in total. The molecule has 0 aromatic carbocycles. The van der Waals surface area contributed by atoms with E-state index >= 15 is 0 Å². The molecular formula is C13H22BrN3O. The lowest BCUT2D eigenvalue weighted by Gasteiger charge is -2.08. The Bertz CT molecular complexity index is 374. The number of rotatable bonds is 8. The van der Waals surface area contributed by atoms with Gasteiger partial charge in [-0.2, -0.15) is 5.10 Å². The standard InChI is InChI=1S/C13H22BrN3O/c1-11(2)17-13(12(14)10-16-17)6-4-5-7-15-8-9-18-3/h4,6,10-11,15H,5,7-9H2,1-3H3/b6-4+. The van der Waals surface area contributed by atoms with Crippen LogP contribution in [-0.4, -0.2) is 36.6 Å². The first kappa shape index (κ1) is 15.4. The van der Waals surface area contributed by atoms with Gasteiger partial charge in [0.05, 0.1) is 23.0 Å². The van der Waals surface area contributed by atoms with Crippen LogP contribution in [0, 0.1) is 0 Å². The van der Waals surface area contributed by atoms with Crippen LogP contribution in [0.4, 0.5) is 0 Å². The fourth-order valence-corrected chi connectivity index (χ4v) is 2.00. The number of ether oxygens (including phenoxy) is 1. The highest BCUT2D eigenvalue weighted by molar-refractivity contribution is 9.10.